The molecular formula is C16H19N3O2. The monoisotopic (exact) mass is 285 g/mol. The van der Waals surface area contributed by atoms with Gasteiger partial charge in [-0.15, -0.1) is 0 Å². The Morgan fingerprint density at radius 1 is 1.33 bits per heavy atom. The fourth-order valence-electron chi connectivity index (χ4n) is 2.74. The van der Waals surface area contributed by atoms with E-state index in [0.29, 0.717) is 17.5 Å². The molecule has 4 N–H and O–H groups in total. The van der Waals surface area contributed by atoms with Gasteiger partial charge >= 0.3 is 0 Å². The number of nitrogens with one attached hydrogen (secondary N) is 2. The van der Waals surface area contributed by atoms with E-state index in [0.717, 1.165) is 11.2 Å². The Balaban J connectivity index is 1.93. The highest BCUT2D eigenvalue weighted by Gasteiger charge is 2.63. The number of aromatic amines is 1. The largest absolute Gasteiger partial charge is 0.358 e. The van der Waals surface area contributed by atoms with Crippen LogP contribution < -0.4 is 16.5 Å². The minimum Gasteiger partial charge on any atom is -0.358 e. The number of aryl methyl sites for hydroxylation is 1. The van der Waals surface area contributed by atoms with Gasteiger partial charge in [0.15, 0.2) is 5.43 Å². The lowest BCUT2D eigenvalue weighted by Crippen LogP contribution is -2.42. The van der Waals surface area contributed by atoms with E-state index in [2.05, 4.69) is 10.3 Å². The summed E-state index contributed by atoms with van der Waals surface area (Å²) in [7, 11) is 0. The molecule has 21 heavy (non-hydrogen) atoms. The molecule has 1 heterocycles. The average Bonchev–Trinajstić information content (AvgIpc) is 2.90. The first-order chi connectivity index (χ1) is 9.73. The van der Waals surface area contributed by atoms with Crippen LogP contribution in [0.1, 0.15) is 26.0 Å². The Kier molecular flexibility index (Phi) is 2.75. The molecule has 1 aromatic heterocycles. The Labute approximate surface area is 122 Å². The van der Waals surface area contributed by atoms with E-state index in [1.165, 1.54) is 0 Å². The molecule has 1 saturated carbocycles. The van der Waals surface area contributed by atoms with E-state index < -0.39 is 5.54 Å². The van der Waals surface area contributed by atoms with Crippen molar-refractivity contribution < 1.29 is 4.79 Å². The van der Waals surface area contributed by atoms with Crippen molar-refractivity contribution in [1.82, 2.24) is 4.98 Å². The number of carbonyl (C=O) groups excluding carboxylic acids is 1. The molecule has 0 saturated heterocycles. The lowest BCUT2D eigenvalue weighted by atomic mass is 10.0. The Morgan fingerprint density at radius 3 is 2.62 bits per heavy atom. The third kappa shape index (κ3) is 2.14. The molecule has 1 aromatic carbocycles. The van der Waals surface area contributed by atoms with E-state index in [1.54, 1.807) is 24.3 Å². The van der Waals surface area contributed by atoms with Crippen molar-refractivity contribution in [2.75, 3.05) is 5.32 Å². The van der Waals surface area contributed by atoms with Gasteiger partial charge in [-0.05, 0) is 37.0 Å². The van der Waals surface area contributed by atoms with Crippen LogP contribution in [0.25, 0.3) is 10.9 Å². The standard InChI is InChI=1S/C16H19N3O2/c1-9-6-13(20)11-7-10(4-5-12(11)18-9)19-14(21)16(17)8-15(16,2)3/h4-7H,8,17H2,1-3H3,(H,18,20)(H,19,21). The van der Waals surface area contributed by atoms with Gasteiger partial charge in [-0.2, -0.15) is 0 Å². The van der Waals surface area contributed by atoms with E-state index >= 15 is 0 Å². The number of fused-ring (bicyclic) bond motifs is 1. The maximum atomic E-state index is 12.3. The average molecular weight is 285 g/mol. The first-order valence-corrected chi connectivity index (χ1v) is 6.97. The molecule has 0 bridgehead atoms. The van der Waals surface area contributed by atoms with Crippen LogP contribution in [0.4, 0.5) is 5.69 Å². The number of H-pyrrole nitrogens is 1. The number of rotatable bonds is 2. The van der Waals surface area contributed by atoms with Gasteiger partial charge in [-0.1, -0.05) is 13.8 Å². The molecule has 5 heteroatoms. The maximum absolute atomic E-state index is 12.3. The van der Waals surface area contributed by atoms with E-state index in [1.807, 2.05) is 20.8 Å². The number of pyridine rings is 1. The summed E-state index contributed by atoms with van der Waals surface area (Å²) >= 11 is 0. The van der Waals surface area contributed by atoms with Crippen LogP contribution >= 0.6 is 0 Å². The second-order valence-corrected chi connectivity index (χ2v) is 6.56. The number of hydrogen-bond donors (Lipinski definition) is 3. The number of benzene rings is 1. The third-order valence-corrected chi connectivity index (χ3v) is 4.43. The van der Waals surface area contributed by atoms with E-state index in [4.69, 9.17) is 5.73 Å². The first kappa shape index (κ1) is 13.8. The quantitative estimate of drug-likeness (QED) is 0.787. The van der Waals surface area contributed by atoms with Gasteiger partial charge in [0, 0.05) is 28.4 Å². The first-order valence-electron chi connectivity index (χ1n) is 6.97. The highest BCUT2D eigenvalue weighted by Crippen LogP contribution is 2.54. The highest BCUT2D eigenvalue weighted by atomic mass is 16.2. The van der Waals surface area contributed by atoms with Crippen LogP contribution in [-0.2, 0) is 4.79 Å². The summed E-state index contributed by atoms with van der Waals surface area (Å²) < 4.78 is 0. The smallest absolute Gasteiger partial charge is 0.245 e. The van der Waals surface area contributed by atoms with Crippen LogP contribution in [0.15, 0.2) is 29.1 Å². The predicted molar refractivity (Wildman–Crippen MR) is 83.3 cm³/mol. The number of carbonyl (C=O) groups is 1. The minimum absolute atomic E-state index is 0.0634. The molecule has 0 spiro atoms. The lowest BCUT2D eigenvalue weighted by molar-refractivity contribution is -0.119. The normalized spacial score (nSPS) is 23.0. The summed E-state index contributed by atoms with van der Waals surface area (Å²) in [5.41, 5.74) is 7.20. The van der Waals surface area contributed by atoms with Gasteiger partial charge in [-0.25, -0.2) is 0 Å². The van der Waals surface area contributed by atoms with Crippen LogP contribution in [0, 0.1) is 12.3 Å². The topological polar surface area (TPSA) is 88.0 Å². The maximum Gasteiger partial charge on any atom is 0.245 e. The van der Waals surface area contributed by atoms with Crippen molar-refractivity contribution in [3.63, 3.8) is 0 Å². The van der Waals surface area contributed by atoms with Crippen molar-refractivity contribution in [2.45, 2.75) is 32.7 Å². The summed E-state index contributed by atoms with van der Waals surface area (Å²) in [4.78, 5) is 27.4. The second kappa shape index (κ2) is 4.18. The van der Waals surface area contributed by atoms with Crippen LogP contribution in [-0.4, -0.2) is 16.4 Å². The molecule has 1 amide bonds. The number of aromatic nitrogens is 1. The molecule has 2 aromatic rings. The molecule has 1 aliphatic rings. The van der Waals surface area contributed by atoms with Crippen molar-refractivity contribution in [1.29, 1.82) is 0 Å². The summed E-state index contributed by atoms with van der Waals surface area (Å²) in [6.45, 7) is 5.78. The predicted octanol–water partition coefficient (Wildman–Crippen LogP) is 1.90. The van der Waals surface area contributed by atoms with Gasteiger partial charge in [-0.3, -0.25) is 9.59 Å². The van der Waals surface area contributed by atoms with Crippen molar-refractivity contribution in [3.05, 3.63) is 40.2 Å². The molecular weight excluding hydrogens is 266 g/mol. The molecule has 1 fully saturated rings. The molecule has 1 atom stereocenters. The fraction of sp³-hybridized carbons (Fsp3) is 0.375. The van der Waals surface area contributed by atoms with E-state index in [9.17, 15) is 9.59 Å². The SMILES string of the molecule is Cc1cc(=O)c2cc(NC(=O)C3(N)CC3(C)C)ccc2[nH]1. The fourth-order valence-corrected chi connectivity index (χ4v) is 2.74. The van der Waals surface area contributed by atoms with Gasteiger partial charge in [0.25, 0.3) is 0 Å². The highest BCUT2D eigenvalue weighted by molar-refractivity contribution is 6.02. The second-order valence-electron chi connectivity index (χ2n) is 6.56. The molecule has 3 rings (SSSR count). The number of anilines is 1. The van der Waals surface area contributed by atoms with Crippen molar-refractivity contribution in [3.8, 4) is 0 Å². The Hall–Kier alpha value is -2.14. The van der Waals surface area contributed by atoms with E-state index in [-0.39, 0.29) is 16.8 Å². The summed E-state index contributed by atoms with van der Waals surface area (Å²) in [6, 6.07) is 6.79. The zero-order valence-electron chi connectivity index (χ0n) is 12.4. The number of amides is 1. The zero-order chi connectivity index (χ0) is 15.4. The van der Waals surface area contributed by atoms with Crippen LogP contribution in [0.3, 0.4) is 0 Å². The summed E-state index contributed by atoms with van der Waals surface area (Å²) in [5.74, 6) is -0.199. The zero-order valence-corrected chi connectivity index (χ0v) is 12.4. The Morgan fingerprint density at radius 2 is 2.00 bits per heavy atom. The molecule has 0 aliphatic heterocycles. The number of hydrogen-bond acceptors (Lipinski definition) is 3. The van der Waals surface area contributed by atoms with Crippen LogP contribution in [0.5, 0.6) is 0 Å². The van der Waals surface area contributed by atoms with Gasteiger partial charge in [0.2, 0.25) is 5.91 Å². The summed E-state index contributed by atoms with van der Waals surface area (Å²) in [5, 5.41) is 3.37. The minimum atomic E-state index is -0.818. The Bertz CT molecular complexity index is 807. The van der Waals surface area contributed by atoms with Crippen molar-refractivity contribution in [2.24, 2.45) is 11.1 Å². The van der Waals surface area contributed by atoms with Gasteiger partial charge < -0.3 is 16.0 Å². The number of nitrogens with two attached hydrogens (primary N) is 1. The van der Waals surface area contributed by atoms with Gasteiger partial charge in [0.05, 0.1) is 0 Å². The molecule has 5 nitrogen and oxygen atoms in total. The van der Waals surface area contributed by atoms with Gasteiger partial charge in [0.1, 0.15) is 5.54 Å². The molecule has 1 aliphatic carbocycles. The lowest BCUT2D eigenvalue weighted by Gasteiger charge is -2.15. The van der Waals surface area contributed by atoms with Crippen LogP contribution in [0.2, 0.25) is 0 Å². The molecule has 110 valence electrons. The van der Waals surface area contributed by atoms with Crippen molar-refractivity contribution >= 4 is 22.5 Å². The molecule has 0 radical (unpaired) electrons. The third-order valence-electron chi connectivity index (χ3n) is 4.43. The summed E-state index contributed by atoms with van der Waals surface area (Å²) in [6.07, 6.45) is 0.666. The molecule has 1 unspecified atom stereocenters.